The van der Waals surface area contributed by atoms with Crippen molar-refractivity contribution in [3.63, 3.8) is 0 Å². The summed E-state index contributed by atoms with van der Waals surface area (Å²) in [5.41, 5.74) is 0. The smallest absolute Gasteiger partial charge is 0.252 e. The SMILES string of the molecule is C=CCOC(=O)[O-].CCCCCCCCC[N+](C)(C)C. The van der Waals surface area contributed by atoms with Crippen molar-refractivity contribution >= 4 is 6.16 Å². The Morgan fingerprint density at radius 1 is 1.10 bits per heavy atom. The molecule has 0 rings (SSSR count). The number of carbonyl (C=O) groups is 1. The number of quaternary nitrogens is 1. The first-order valence-electron chi connectivity index (χ1n) is 7.58. The summed E-state index contributed by atoms with van der Waals surface area (Å²) >= 11 is 0. The summed E-state index contributed by atoms with van der Waals surface area (Å²) in [6, 6.07) is 0. The molecule has 0 N–H and O–H groups in total. The summed E-state index contributed by atoms with van der Waals surface area (Å²) in [6.07, 6.45) is 9.77. The molecule has 0 heterocycles. The predicted molar refractivity (Wildman–Crippen MR) is 82.4 cm³/mol. The molecule has 0 amide bonds. The number of unbranched alkanes of at least 4 members (excludes halogenated alkanes) is 6. The van der Waals surface area contributed by atoms with Crippen molar-refractivity contribution in [3.05, 3.63) is 12.7 Å². The quantitative estimate of drug-likeness (QED) is 0.269. The third kappa shape index (κ3) is 25.7. The molecule has 0 aliphatic heterocycles. The van der Waals surface area contributed by atoms with Crippen molar-refractivity contribution < 1.29 is 19.1 Å². The number of hydrogen-bond acceptors (Lipinski definition) is 3. The molecular weight excluding hydrogens is 254 g/mol. The average Bonchev–Trinajstić information content (AvgIpc) is 2.34. The topological polar surface area (TPSA) is 49.4 Å². The third-order valence-electron chi connectivity index (χ3n) is 2.75. The molecular formula is C16H33NO3. The molecule has 0 fully saturated rings. The zero-order valence-corrected chi connectivity index (χ0v) is 13.8. The summed E-state index contributed by atoms with van der Waals surface area (Å²) in [5, 5.41) is 9.38. The van der Waals surface area contributed by atoms with Gasteiger partial charge in [0.15, 0.2) is 0 Å². The summed E-state index contributed by atoms with van der Waals surface area (Å²) in [5.74, 6) is 0. The molecule has 0 aromatic rings. The summed E-state index contributed by atoms with van der Waals surface area (Å²) < 4.78 is 5.00. The van der Waals surface area contributed by atoms with Gasteiger partial charge >= 0.3 is 0 Å². The minimum absolute atomic E-state index is 0.00231. The molecule has 20 heavy (non-hydrogen) atoms. The normalized spacial score (nSPS) is 10.4. The molecule has 4 heteroatoms. The van der Waals surface area contributed by atoms with Crippen molar-refractivity contribution in [2.45, 2.75) is 51.9 Å². The van der Waals surface area contributed by atoms with Gasteiger partial charge in [-0.2, -0.15) is 0 Å². The Morgan fingerprint density at radius 3 is 1.95 bits per heavy atom. The van der Waals surface area contributed by atoms with Gasteiger partial charge in [-0.15, -0.1) is 6.58 Å². The first-order valence-corrected chi connectivity index (χ1v) is 7.58. The number of hydrogen-bond donors (Lipinski definition) is 0. The number of carbonyl (C=O) groups excluding carboxylic acids is 1. The zero-order valence-electron chi connectivity index (χ0n) is 13.8. The molecule has 0 bridgehead atoms. The molecule has 0 aromatic carbocycles. The van der Waals surface area contributed by atoms with Gasteiger partial charge in [-0.1, -0.05) is 45.1 Å². The highest BCUT2D eigenvalue weighted by Gasteiger charge is 2.04. The van der Waals surface area contributed by atoms with E-state index in [4.69, 9.17) is 0 Å². The van der Waals surface area contributed by atoms with Crippen LogP contribution in [0.3, 0.4) is 0 Å². The lowest BCUT2D eigenvalue weighted by Crippen LogP contribution is -2.35. The number of ether oxygens (including phenoxy) is 1. The van der Waals surface area contributed by atoms with E-state index >= 15 is 0 Å². The van der Waals surface area contributed by atoms with E-state index in [9.17, 15) is 9.90 Å². The number of nitrogens with zero attached hydrogens (tertiary/aromatic N) is 1. The van der Waals surface area contributed by atoms with Crippen LogP contribution in [-0.4, -0.2) is 44.9 Å². The van der Waals surface area contributed by atoms with E-state index in [0.29, 0.717) is 0 Å². The fourth-order valence-corrected chi connectivity index (χ4v) is 1.67. The predicted octanol–water partition coefficient (Wildman–Crippen LogP) is 2.98. The van der Waals surface area contributed by atoms with Gasteiger partial charge in [0.25, 0.3) is 6.16 Å². The molecule has 0 saturated carbocycles. The van der Waals surface area contributed by atoms with Crippen molar-refractivity contribution in [2.24, 2.45) is 0 Å². The lowest BCUT2D eigenvalue weighted by atomic mass is 10.1. The van der Waals surface area contributed by atoms with Crippen molar-refractivity contribution in [2.75, 3.05) is 34.3 Å². The van der Waals surface area contributed by atoms with Crippen molar-refractivity contribution in [1.82, 2.24) is 0 Å². The van der Waals surface area contributed by atoms with Crippen LogP contribution in [0.2, 0.25) is 0 Å². The zero-order chi connectivity index (χ0) is 15.9. The second-order valence-electron chi connectivity index (χ2n) is 5.98. The summed E-state index contributed by atoms with van der Waals surface area (Å²) in [4.78, 5) is 9.38. The third-order valence-corrected chi connectivity index (χ3v) is 2.75. The van der Waals surface area contributed by atoms with Crippen molar-refractivity contribution in [3.8, 4) is 0 Å². The Bertz CT molecular complexity index is 234. The molecule has 0 spiro atoms. The molecule has 0 aliphatic rings. The van der Waals surface area contributed by atoms with Gasteiger partial charge in [0.2, 0.25) is 0 Å². The molecule has 0 unspecified atom stereocenters. The Morgan fingerprint density at radius 2 is 1.60 bits per heavy atom. The molecule has 0 aromatic heterocycles. The van der Waals surface area contributed by atoms with Crippen LogP contribution in [0.15, 0.2) is 12.7 Å². The second-order valence-corrected chi connectivity index (χ2v) is 5.98. The lowest BCUT2D eigenvalue weighted by Gasteiger charge is -2.23. The monoisotopic (exact) mass is 287 g/mol. The van der Waals surface area contributed by atoms with Crippen LogP contribution < -0.4 is 5.11 Å². The van der Waals surface area contributed by atoms with E-state index in [0.717, 1.165) is 4.48 Å². The highest BCUT2D eigenvalue weighted by Crippen LogP contribution is 2.07. The standard InChI is InChI=1S/C12H28N.C4H6O3/c1-5-6-7-8-9-10-11-12-13(2,3)4;1-2-3-7-4(5)6/h5-12H2,1-4H3;2H,1,3H2,(H,5,6)/q+1;/p-1. The molecule has 0 atom stereocenters. The van der Waals surface area contributed by atoms with Crippen molar-refractivity contribution in [1.29, 1.82) is 0 Å². The van der Waals surface area contributed by atoms with Crippen LogP contribution in [0.5, 0.6) is 0 Å². The van der Waals surface area contributed by atoms with E-state index in [-0.39, 0.29) is 6.61 Å². The first-order chi connectivity index (χ1) is 9.33. The Labute approximate surface area is 125 Å². The van der Waals surface area contributed by atoms with Gasteiger partial charge in [0.05, 0.1) is 27.7 Å². The van der Waals surface area contributed by atoms with Gasteiger partial charge in [-0.25, -0.2) is 0 Å². The van der Waals surface area contributed by atoms with E-state index in [2.05, 4.69) is 39.4 Å². The van der Waals surface area contributed by atoms with Gasteiger partial charge in [0, 0.05) is 6.61 Å². The van der Waals surface area contributed by atoms with Gasteiger partial charge in [0.1, 0.15) is 0 Å². The molecule has 120 valence electrons. The molecule has 4 nitrogen and oxygen atoms in total. The van der Waals surface area contributed by atoms with Crippen LogP contribution in [0.4, 0.5) is 4.79 Å². The van der Waals surface area contributed by atoms with E-state index in [1.807, 2.05) is 0 Å². The van der Waals surface area contributed by atoms with Gasteiger partial charge < -0.3 is 19.1 Å². The van der Waals surface area contributed by atoms with E-state index < -0.39 is 6.16 Å². The summed E-state index contributed by atoms with van der Waals surface area (Å²) in [7, 11) is 6.82. The van der Waals surface area contributed by atoms with Crippen LogP contribution >= 0.6 is 0 Å². The highest BCUT2D eigenvalue weighted by atomic mass is 16.7. The summed E-state index contributed by atoms with van der Waals surface area (Å²) in [6.45, 7) is 6.82. The van der Waals surface area contributed by atoms with E-state index in [1.54, 1.807) is 0 Å². The fourth-order valence-electron chi connectivity index (χ4n) is 1.67. The fraction of sp³-hybridized carbons (Fsp3) is 0.812. The van der Waals surface area contributed by atoms with Gasteiger partial charge in [-0.3, -0.25) is 0 Å². The average molecular weight is 287 g/mol. The van der Waals surface area contributed by atoms with Crippen LogP contribution in [0, 0.1) is 0 Å². The molecule has 0 saturated heterocycles. The Balaban J connectivity index is 0. The maximum Gasteiger partial charge on any atom is 0.252 e. The van der Waals surface area contributed by atoms with Crippen LogP contribution in [0.25, 0.3) is 0 Å². The Kier molecular flexibility index (Phi) is 15.3. The lowest BCUT2D eigenvalue weighted by molar-refractivity contribution is -0.870. The highest BCUT2D eigenvalue weighted by molar-refractivity contribution is 5.54. The van der Waals surface area contributed by atoms with Crippen LogP contribution in [0.1, 0.15) is 51.9 Å². The minimum atomic E-state index is -1.51. The maximum absolute atomic E-state index is 9.38. The first kappa shape index (κ1) is 21.3. The maximum atomic E-state index is 9.38. The van der Waals surface area contributed by atoms with E-state index in [1.165, 1.54) is 57.6 Å². The van der Waals surface area contributed by atoms with Gasteiger partial charge in [-0.05, 0) is 12.8 Å². The number of carboxylic acid groups (broad SMARTS) is 1. The molecule has 0 aliphatic carbocycles. The second kappa shape index (κ2) is 14.4. The Hall–Kier alpha value is -1.03. The van der Waals surface area contributed by atoms with Crippen LogP contribution in [-0.2, 0) is 4.74 Å². The minimum Gasteiger partial charge on any atom is -0.546 e. The largest absolute Gasteiger partial charge is 0.546 e. The molecule has 0 radical (unpaired) electrons. The number of rotatable bonds is 10.